The zero-order valence-electron chi connectivity index (χ0n) is 26.8. The van der Waals surface area contributed by atoms with Crippen LogP contribution in [-0.4, -0.2) is 83.8 Å². The summed E-state index contributed by atoms with van der Waals surface area (Å²) in [6, 6.07) is 13.4. The molecule has 4 N–H and O–H groups in total. The van der Waals surface area contributed by atoms with Crippen LogP contribution in [0.15, 0.2) is 71.5 Å². The van der Waals surface area contributed by atoms with Gasteiger partial charge in [0.25, 0.3) is 0 Å². The Labute approximate surface area is 268 Å². The molecular weight excluding hydrogens is 584 g/mol. The summed E-state index contributed by atoms with van der Waals surface area (Å²) in [7, 11) is 7.61. The summed E-state index contributed by atoms with van der Waals surface area (Å²) in [4.78, 5) is 34.4. The lowest BCUT2D eigenvalue weighted by Crippen LogP contribution is -2.29. The molecule has 0 bridgehead atoms. The van der Waals surface area contributed by atoms with Crippen molar-refractivity contribution in [3.63, 3.8) is 0 Å². The van der Waals surface area contributed by atoms with Gasteiger partial charge in [-0.15, -0.1) is 0 Å². The number of amides is 1. The Morgan fingerprint density at radius 1 is 1.09 bits per heavy atom. The highest BCUT2D eigenvalue weighted by atomic mass is 16.5. The maximum absolute atomic E-state index is 12.6. The van der Waals surface area contributed by atoms with Crippen molar-refractivity contribution in [2.24, 2.45) is 0 Å². The van der Waals surface area contributed by atoms with Crippen LogP contribution in [0, 0.1) is 0 Å². The fourth-order valence-electron chi connectivity index (χ4n) is 5.01. The average Bonchev–Trinajstić information content (AvgIpc) is 3.70. The summed E-state index contributed by atoms with van der Waals surface area (Å²) in [6.07, 6.45) is 7.66. The molecule has 0 fully saturated rings. The van der Waals surface area contributed by atoms with Gasteiger partial charge in [0.05, 0.1) is 47.5 Å². The highest BCUT2D eigenvalue weighted by Gasteiger charge is 2.19. The van der Waals surface area contributed by atoms with Gasteiger partial charge in [-0.1, -0.05) is 18.2 Å². The summed E-state index contributed by atoms with van der Waals surface area (Å²) in [5.74, 6) is 1.39. The van der Waals surface area contributed by atoms with Gasteiger partial charge in [0.2, 0.25) is 11.9 Å². The number of aromatic amines is 1. The predicted molar refractivity (Wildman–Crippen MR) is 182 cm³/mol. The lowest BCUT2D eigenvalue weighted by molar-refractivity contribution is -0.111. The summed E-state index contributed by atoms with van der Waals surface area (Å²) in [6.45, 7) is 3.42. The number of H-pyrrole nitrogens is 1. The normalized spacial score (nSPS) is 11.5. The Morgan fingerprint density at radius 3 is 2.70 bits per heavy atom. The monoisotopic (exact) mass is 624 g/mol. The van der Waals surface area contributed by atoms with E-state index in [1.807, 2.05) is 63.6 Å². The lowest BCUT2D eigenvalue weighted by Gasteiger charge is -2.26. The van der Waals surface area contributed by atoms with Crippen molar-refractivity contribution in [1.82, 2.24) is 24.8 Å². The van der Waals surface area contributed by atoms with Gasteiger partial charge >= 0.3 is 0 Å². The third kappa shape index (κ3) is 7.53. The highest BCUT2D eigenvalue weighted by Crippen LogP contribution is 2.38. The number of carbonyl (C=O) groups excluding carboxylic acids is 1. The summed E-state index contributed by atoms with van der Waals surface area (Å²) in [5, 5.41) is 16.7. The molecule has 0 aliphatic heterocycles. The molecule has 0 saturated carbocycles. The Bertz CT molecular complexity index is 1830. The number of nitrogens with one attached hydrogen (secondary N) is 3. The van der Waals surface area contributed by atoms with Gasteiger partial charge in [0, 0.05) is 56.4 Å². The zero-order valence-corrected chi connectivity index (χ0v) is 26.8. The number of hydrogen-bond donors (Lipinski definition) is 4. The van der Waals surface area contributed by atoms with E-state index in [1.165, 1.54) is 6.08 Å². The molecule has 2 aromatic carbocycles. The van der Waals surface area contributed by atoms with Crippen molar-refractivity contribution in [2.75, 3.05) is 63.5 Å². The molecule has 5 aromatic rings. The molecule has 0 aliphatic carbocycles. The Kier molecular flexibility index (Phi) is 10.3. The molecule has 0 atom stereocenters. The van der Waals surface area contributed by atoms with Crippen LogP contribution in [0.1, 0.15) is 19.2 Å². The number of imidazole rings is 1. The number of likely N-dealkylation sites (N-methyl/N-ethyl adjacent to an activating group) is 2. The Hall–Kier alpha value is -5.20. The molecule has 12 nitrogen and oxygen atoms in total. The van der Waals surface area contributed by atoms with E-state index in [9.17, 15) is 9.90 Å². The Balaban J connectivity index is 1.52. The van der Waals surface area contributed by atoms with E-state index in [1.54, 1.807) is 32.6 Å². The number of rotatable bonds is 14. The van der Waals surface area contributed by atoms with Crippen LogP contribution in [-0.2, 0) is 11.2 Å². The number of furan rings is 1. The predicted octanol–water partition coefficient (Wildman–Crippen LogP) is 5.47. The van der Waals surface area contributed by atoms with Crippen molar-refractivity contribution in [1.29, 1.82) is 0 Å². The number of methoxy groups -OCH3 is 1. The van der Waals surface area contributed by atoms with Gasteiger partial charge in [0.15, 0.2) is 0 Å². The molecule has 3 heterocycles. The van der Waals surface area contributed by atoms with Crippen LogP contribution in [0.4, 0.5) is 23.0 Å². The van der Waals surface area contributed by atoms with Crippen molar-refractivity contribution in [3.8, 4) is 28.4 Å². The van der Waals surface area contributed by atoms with Gasteiger partial charge in [0.1, 0.15) is 17.2 Å². The van der Waals surface area contributed by atoms with Crippen LogP contribution >= 0.6 is 0 Å². The van der Waals surface area contributed by atoms with Crippen LogP contribution in [0.25, 0.3) is 33.6 Å². The molecule has 0 radical (unpaired) electrons. The fraction of sp³-hybridized carbons (Fsp3) is 0.294. The molecule has 240 valence electrons. The number of fused-ring (bicyclic) bond motifs is 1. The van der Waals surface area contributed by atoms with E-state index >= 15 is 0 Å². The van der Waals surface area contributed by atoms with E-state index in [2.05, 4.69) is 30.4 Å². The number of aliphatic hydroxyl groups is 1. The number of benzene rings is 2. The number of nitrogens with zero attached hydrogens (tertiary/aromatic N) is 5. The smallest absolute Gasteiger partial charge is 0.248 e. The number of aromatic nitrogens is 4. The zero-order chi connectivity index (χ0) is 32.6. The van der Waals surface area contributed by atoms with Crippen LogP contribution in [0.2, 0.25) is 0 Å². The minimum Gasteiger partial charge on any atom is -0.494 e. The second-order valence-corrected chi connectivity index (χ2v) is 11.1. The first-order chi connectivity index (χ1) is 22.3. The van der Waals surface area contributed by atoms with Crippen molar-refractivity contribution in [2.45, 2.75) is 19.8 Å². The second kappa shape index (κ2) is 14.7. The van der Waals surface area contributed by atoms with Gasteiger partial charge in [-0.25, -0.2) is 15.0 Å². The third-order valence-corrected chi connectivity index (χ3v) is 7.40. The topological polar surface area (TPSA) is 145 Å². The molecule has 5 rings (SSSR count). The van der Waals surface area contributed by atoms with Gasteiger partial charge < -0.3 is 39.7 Å². The maximum Gasteiger partial charge on any atom is 0.248 e. The number of hydrogen-bond acceptors (Lipinski definition) is 10. The molecular formula is C34H40N8O4. The molecule has 0 aliphatic rings. The number of anilines is 4. The Morgan fingerprint density at radius 2 is 1.93 bits per heavy atom. The largest absolute Gasteiger partial charge is 0.494 e. The van der Waals surface area contributed by atoms with Gasteiger partial charge in [-0.3, -0.25) is 4.79 Å². The number of allylic oxidation sites excluding steroid dienone is 1. The summed E-state index contributed by atoms with van der Waals surface area (Å²) < 4.78 is 11.4. The minimum absolute atomic E-state index is 0.0640. The number of carbonyl (C=O) groups is 1. The van der Waals surface area contributed by atoms with Crippen molar-refractivity contribution < 1.29 is 19.1 Å². The molecule has 0 spiro atoms. The fourth-order valence-corrected chi connectivity index (χ4v) is 5.01. The van der Waals surface area contributed by atoms with Crippen LogP contribution < -0.4 is 20.3 Å². The van der Waals surface area contributed by atoms with E-state index in [0.717, 1.165) is 41.1 Å². The maximum atomic E-state index is 12.6. The first-order valence-electron chi connectivity index (χ1n) is 15.1. The number of aryl methyl sites for hydroxylation is 1. The molecule has 0 saturated heterocycles. The van der Waals surface area contributed by atoms with Gasteiger partial charge in [-0.2, -0.15) is 0 Å². The van der Waals surface area contributed by atoms with E-state index in [0.29, 0.717) is 53.0 Å². The molecule has 0 unspecified atom stereocenters. The van der Waals surface area contributed by atoms with Crippen molar-refractivity contribution >= 4 is 39.9 Å². The summed E-state index contributed by atoms with van der Waals surface area (Å²) in [5.41, 5.74) is 5.68. The van der Waals surface area contributed by atoms with E-state index in [-0.39, 0.29) is 12.5 Å². The van der Waals surface area contributed by atoms with Crippen LogP contribution in [0.5, 0.6) is 5.75 Å². The highest BCUT2D eigenvalue weighted by molar-refractivity contribution is 6.02. The lowest BCUT2D eigenvalue weighted by atomic mass is 10.1. The molecule has 1 amide bonds. The standard InChI is InChI=1S/C34H40N8O4/c1-6-8-31(44)36-25-20-26(29(45-5)21-27(25)42(4)16-15-41(2)3)38-34-35-14-12-24(37-34)33-32(39-30(40-33)9-7-17-43)23-11-10-22-13-18-46-28(22)19-23/h6,8,10-14,18-21,43H,7,9,15-17H2,1-5H3,(H,36,44)(H,39,40)(H,35,37,38). The first kappa shape index (κ1) is 32.2. The number of aliphatic hydroxyl groups excluding tert-OH is 1. The first-order valence-corrected chi connectivity index (χ1v) is 15.1. The second-order valence-electron chi connectivity index (χ2n) is 11.1. The van der Waals surface area contributed by atoms with E-state index < -0.39 is 0 Å². The van der Waals surface area contributed by atoms with E-state index in [4.69, 9.17) is 19.1 Å². The SMILES string of the molecule is CC=CC(=O)Nc1cc(Nc2nccc(-c3[nH]c(CCCO)nc3-c3ccc4ccoc4c3)n2)c(OC)cc1N(C)CCN(C)C. The number of ether oxygens (including phenoxy) is 1. The van der Waals surface area contributed by atoms with Gasteiger partial charge in [-0.05, 0) is 57.8 Å². The molecule has 46 heavy (non-hydrogen) atoms. The molecule has 12 heteroatoms. The third-order valence-electron chi connectivity index (χ3n) is 7.40. The molecule has 3 aromatic heterocycles. The quantitative estimate of drug-likeness (QED) is 0.117. The van der Waals surface area contributed by atoms with Crippen molar-refractivity contribution in [3.05, 3.63) is 72.9 Å². The summed E-state index contributed by atoms with van der Waals surface area (Å²) >= 11 is 0. The average molecular weight is 625 g/mol. The van der Waals surface area contributed by atoms with Crippen LogP contribution in [0.3, 0.4) is 0 Å². The minimum atomic E-state index is -0.240.